The van der Waals surface area contributed by atoms with Gasteiger partial charge in [-0.1, -0.05) is 25.3 Å². The summed E-state index contributed by atoms with van der Waals surface area (Å²) in [6.45, 7) is 4.83. The molecule has 1 saturated carbocycles. The molecule has 3 heterocycles. The number of carbonyl (C=O) groups is 1. The van der Waals surface area contributed by atoms with Gasteiger partial charge < -0.3 is 9.80 Å². The summed E-state index contributed by atoms with van der Waals surface area (Å²) in [7, 11) is 0. The highest BCUT2D eigenvalue weighted by Gasteiger charge is 2.49. The zero-order valence-electron chi connectivity index (χ0n) is 14.8. The van der Waals surface area contributed by atoms with Crippen LogP contribution in [-0.2, 0) is 4.79 Å². The summed E-state index contributed by atoms with van der Waals surface area (Å²) in [6, 6.07) is 6.69. The molecule has 0 bridgehead atoms. The Hall–Kier alpha value is -1.58. The van der Waals surface area contributed by atoms with E-state index in [4.69, 9.17) is 0 Å². The van der Waals surface area contributed by atoms with Gasteiger partial charge in [-0.25, -0.2) is 4.98 Å². The average molecular weight is 327 g/mol. The van der Waals surface area contributed by atoms with Crippen LogP contribution in [0.25, 0.3) is 0 Å². The molecular weight excluding hydrogens is 298 g/mol. The smallest absolute Gasteiger partial charge is 0.230 e. The van der Waals surface area contributed by atoms with Crippen LogP contribution in [0.5, 0.6) is 0 Å². The highest BCUT2D eigenvalue weighted by Crippen LogP contribution is 2.42. The zero-order chi connectivity index (χ0) is 16.6. The lowest BCUT2D eigenvalue weighted by Crippen LogP contribution is -2.54. The number of carbonyl (C=O) groups excluding carboxylic acids is 1. The number of amides is 1. The van der Waals surface area contributed by atoms with Crippen LogP contribution >= 0.6 is 0 Å². The van der Waals surface area contributed by atoms with Crippen LogP contribution in [0.3, 0.4) is 0 Å². The Kier molecular flexibility index (Phi) is 4.23. The quantitative estimate of drug-likeness (QED) is 0.833. The van der Waals surface area contributed by atoms with Gasteiger partial charge in [0.2, 0.25) is 5.91 Å². The zero-order valence-corrected chi connectivity index (χ0v) is 14.8. The van der Waals surface area contributed by atoms with E-state index < -0.39 is 0 Å². The summed E-state index contributed by atoms with van der Waals surface area (Å²) in [6.07, 6.45) is 9.56. The molecule has 24 heavy (non-hydrogen) atoms. The number of anilines is 1. The molecule has 0 unspecified atom stereocenters. The van der Waals surface area contributed by atoms with Crippen molar-refractivity contribution in [2.45, 2.75) is 64.3 Å². The molecule has 1 aliphatic carbocycles. The molecule has 3 fully saturated rings. The molecule has 3 aliphatic rings. The molecule has 4 nitrogen and oxygen atoms in total. The van der Waals surface area contributed by atoms with Gasteiger partial charge in [0.25, 0.3) is 0 Å². The fraction of sp³-hybridized carbons (Fsp3) is 0.700. The third-order valence-corrected chi connectivity index (χ3v) is 6.34. The lowest BCUT2D eigenvalue weighted by atomic mass is 9.77. The van der Waals surface area contributed by atoms with Crippen LogP contribution in [0.2, 0.25) is 0 Å². The van der Waals surface area contributed by atoms with Crippen molar-refractivity contribution in [2.24, 2.45) is 5.41 Å². The third-order valence-electron chi connectivity index (χ3n) is 6.34. The molecule has 1 aromatic heterocycles. The second kappa shape index (κ2) is 6.38. The van der Waals surface area contributed by atoms with Crippen molar-refractivity contribution in [3.8, 4) is 0 Å². The predicted molar refractivity (Wildman–Crippen MR) is 96.1 cm³/mol. The van der Waals surface area contributed by atoms with Crippen LogP contribution in [0.1, 0.15) is 57.1 Å². The average Bonchev–Trinajstić information content (AvgIpc) is 3.03. The lowest BCUT2D eigenvalue weighted by molar-refractivity contribution is -0.148. The Bertz CT molecular complexity index is 611. The first-order chi connectivity index (χ1) is 11.7. The van der Waals surface area contributed by atoms with E-state index in [1.165, 1.54) is 32.1 Å². The second-order valence-corrected chi connectivity index (χ2v) is 7.98. The monoisotopic (exact) mass is 327 g/mol. The number of aromatic nitrogens is 1. The Labute approximate surface area is 145 Å². The number of pyridine rings is 1. The number of hydrogen-bond acceptors (Lipinski definition) is 3. The molecule has 0 N–H and O–H groups in total. The van der Waals surface area contributed by atoms with Crippen molar-refractivity contribution in [3.63, 3.8) is 0 Å². The minimum atomic E-state index is -0.152. The van der Waals surface area contributed by atoms with Crippen molar-refractivity contribution in [2.75, 3.05) is 24.5 Å². The van der Waals surface area contributed by atoms with Crippen molar-refractivity contribution < 1.29 is 4.79 Å². The van der Waals surface area contributed by atoms with E-state index in [0.29, 0.717) is 11.9 Å². The molecule has 1 amide bonds. The summed E-state index contributed by atoms with van der Waals surface area (Å²) in [5, 5.41) is 0. The van der Waals surface area contributed by atoms with Crippen LogP contribution in [0, 0.1) is 12.3 Å². The fourth-order valence-electron chi connectivity index (χ4n) is 4.99. The first-order valence-electron chi connectivity index (χ1n) is 9.68. The van der Waals surface area contributed by atoms with Gasteiger partial charge in [-0.3, -0.25) is 4.79 Å². The molecule has 0 radical (unpaired) electrons. The summed E-state index contributed by atoms with van der Waals surface area (Å²) in [4.78, 5) is 22.6. The van der Waals surface area contributed by atoms with E-state index in [0.717, 1.165) is 50.4 Å². The number of piperidine rings is 1. The van der Waals surface area contributed by atoms with Gasteiger partial charge in [0.15, 0.2) is 0 Å². The molecule has 1 aromatic rings. The van der Waals surface area contributed by atoms with Crippen LogP contribution in [0.15, 0.2) is 18.2 Å². The van der Waals surface area contributed by atoms with Gasteiger partial charge in [-0.05, 0) is 51.2 Å². The molecule has 4 rings (SSSR count). The van der Waals surface area contributed by atoms with E-state index >= 15 is 0 Å². The summed E-state index contributed by atoms with van der Waals surface area (Å²) in [5.74, 6) is 1.48. The number of nitrogens with zero attached hydrogens (tertiary/aromatic N) is 3. The first-order valence-corrected chi connectivity index (χ1v) is 9.68. The van der Waals surface area contributed by atoms with Gasteiger partial charge in [0.05, 0.1) is 5.41 Å². The van der Waals surface area contributed by atoms with Crippen molar-refractivity contribution in [1.29, 1.82) is 0 Å². The Morgan fingerprint density at radius 2 is 1.92 bits per heavy atom. The number of likely N-dealkylation sites (tertiary alicyclic amines) is 1. The van der Waals surface area contributed by atoms with Crippen molar-refractivity contribution in [3.05, 3.63) is 23.9 Å². The Morgan fingerprint density at radius 1 is 1.08 bits per heavy atom. The topological polar surface area (TPSA) is 36.4 Å². The summed E-state index contributed by atoms with van der Waals surface area (Å²) in [5.41, 5.74) is 0.897. The predicted octanol–water partition coefficient (Wildman–Crippen LogP) is 3.54. The minimum absolute atomic E-state index is 0.152. The van der Waals surface area contributed by atoms with Crippen LogP contribution in [0.4, 0.5) is 5.82 Å². The van der Waals surface area contributed by atoms with E-state index in [-0.39, 0.29) is 5.41 Å². The van der Waals surface area contributed by atoms with Gasteiger partial charge in [-0.2, -0.15) is 0 Å². The van der Waals surface area contributed by atoms with Gasteiger partial charge >= 0.3 is 0 Å². The lowest BCUT2D eigenvalue weighted by Gasteiger charge is -2.44. The van der Waals surface area contributed by atoms with E-state index in [9.17, 15) is 4.79 Å². The molecule has 2 aliphatic heterocycles. The summed E-state index contributed by atoms with van der Waals surface area (Å²) >= 11 is 0. The number of aryl methyl sites for hydroxylation is 1. The van der Waals surface area contributed by atoms with E-state index in [1.54, 1.807) is 0 Å². The summed E-state index contributed by atoms with van der Waals surface area (Å²) < 4.78 is 0. The Morgan fingerprint density at radius 3 is 2.71 bits per heavy atom. The highest BCUT2D eigenvalue weighted by atomic mass is 16.2. The molecule has 1 atom stereocenters. The maximum Gasteiger partial charge on any atom is 0.230 e. The Balaban J connectivity index is 1.51. The fourth-order valence-corrected chi connectivity index (χ4v) is 4.99. The van der Waals surface area contributed by atoms with E-state index in [2.05, 4.69) is 26.9 Å². The van der Waals surface area contributed by atoms with E-state index in [1.807, 2.05) is 13.0 Å². The minimum Gasteiger partial charge on any atom is -0.355 e. The molecule has 2 saturated heterocycles. The molecule has 130 valence electrons. The maximum atomic E-state index is 13.4. The van der Waals surface area contributed by atoms with Crippen molar-refractivity contribution in [1.82, 2.24) is 9.88 Å². The second-order valence-electron chi connectivity index (χ2n) is 7.98. The first kappa shape index (κ1) is 15.9. The van der Waals surface area contributed by atoms with Crippen LogP contribution < -0.4 is 4.90 Å². The molecule has 1 spiro atoms. The SMILES string of the molecule is Cc1cccc(N2CC[C@@]3(CCCN(C4CCCCC4)C3=O)C2)n1. The largest absolute Gasteiger partial charge is 0.355 e. The number of rotatable bonds is 2. The maximum absolute atomic E-state index is 13.4. The van der Waals surface area contributed by atoms with Gasteiger partial charge in [0.1, 0.15) is 5.82 Å². The van der Waals surface area contributed by atoms with Gasteiger partial charge in [0, 0.05) is 31.4 Å². The molecule has 4 heteroatoms. The van der Waals surface area contributed by atoms with Crippen LogP contribution in [-0.4, -0.2) is 41.5 Å². The standard InChI is InChI=1S/C20H29N3O/c1-16-7-5-10-18(21-16)22-14-12-20(15-22)11-6-13-23(19(20)24)17-8-3-2-4-9-17/h5,7,10,17H,2-4,6,8-9,11-15H2,1H3/t20-/m0/s1. The normalized spacial score (nSPS) is 28.8. The third kappa shape index (κ3) is 2.80. The van der Waals surface area contributed by atoms with Crippen molar-refractivity contribution >= 4 is 11.7 Å². The van der Waals surface area contributed by atoms with Gasteiger partial charge in [-0.15, -0.1) is 0 Å². The molecule has 0 aromatic carbocycles. The molecular formula is C20H29N3O. The number of hydrogen-bond donors (Lipinski definition) is 0. The highest BCUT2D eigenvalue weighted by molar-refractivity contribution is 5.85.